The molecule has 0 aliphatic carbocycles. The third-order valence-corrected chi connectivity index (χ3v) is 3.60. The van der Waals surface area contributed by atoms with E-state index in [1.807, 2.05) is 30.3 Å². The fourth-order valence-electron chi connectivity index (χ4n) is 2.41. The minimum absolute atomic E-state index is 0.137. The van der Waals surface area contributed by atoms with Crippen molar-refractivity contribution >= 4 is 11.8 Å². The molecule has 1 unspecified atom stereocenters. The Bertz CT molecular complexity index is 592. The molecule has 1 heterocycles. The average Bonchev–Trinajstić information content (AvgIpc) is 3.02. The van der Waals surface area contributed by atoms with Crippen LogP contribution in [0.3, 0.4) is 0 Å². The van der Waals surface area contributed by atoms with Gasteiger partial charge in [-0.1, -0.05) is 48.8 Å². The van der Waals surface area contributed by atoms with Crippen LogP contribution in [0.1, 0.15) is 26.2 Å². The number of nitrogens with zero attached hydrogens (tertiary/aromatic N) is 1. The van der Waals surface area contributed by atoms with Gasteiger partial charge < -0.3 is 14.9 Å². The fraction of sp³-hybridized carbons (Fsp3) is 0.412. The zero-order chi connectivity index (χ0) is 16.5. The molecule has 2 amide bonds. The number of hydrogen-bond donors (Lipinski definition) is 3. The fourth-order valence-corrected chi connectivity index (χ4v) is 2.41. The topological polar surface area (TPSA) is 87.4 Å². The monoisotopic (exact) mass is 317 g/mol. The molecule has 1 aromatic heterocycles. The lowest BCUT2D eigenvalue weighted by atomic mass is 10.0. The number of aliphatic hydroxyl groups excluding tert-OH is 1. The summed E-state index contributed by atoms with van der Waals surface area (Å²) in [5, 5.41) is 18.3. The molecule has 23 heavy (non-hydrogen) atoms. The van der Waals surface area contributed by atoms with Crippen molar-refractivity contribution in [3.8, 4) is 11.3 Å². The van der Waals surface area contributed by atoms with Gasteiger partial charge in [0.25, 0.3) is 0 Å². The van der Waals surface area contributed by atoms with Crippen LogP contribution >= 0.6 is 0 Å². The van der Waals surface area contributed by atoms with E-state index in [0.29, 0.717) is 24.5 Å². The number of aromatic nitrogens is 1. The lowest BCUT2D eigenvalue weighted by Gasteiger charge is -2.15. The third-order valence-electron chi connectivity index (χ3n) is 3.60. The Morgan fingerprint density at radius 1 is 1.30 bits per heavy atom. The van der Waals surface area contributed by atoms with Gasteiger partial charge in [0.15, 0.2) is 11.6 Å². The number of urea groups is 1. The van der Waals surface area contributed by atoms with Gasteiger partial charge >= 0.3 is 6.03 Å². The second-order valence-corrected chi connectivity index (χ2v) is 5.44. The van der Waals surface area contributed by atoms with Gasteiger partial charge in [-0.15, -0.1) is 0 Å². The summed E-state index contributed by atoms with van der Waals surface area (Å²) < 4.78 is 5.23. The summed E-state index contributed by atoms with van der Waals surface area (Å²) in [5.41, 5.74) is 0.902. The molecule has 0 fully saturated rings. The maximum absolute atomic E-state index is 11.9. The highest BCUT2D eigenvalue weighted by atomic mass is 16.5. The normalized spacial score (nSPS) is 11.9. The molecule has 0 bridgehead atoms. The molecule has 0 saturated carbocycles. The summed E-state index contributed by atoms with van der Waals surface area (Å²) in [5.74, 6) is 1.26. The van der Waals surface area contributed by atoms with Crippen molar-refractivity contribution in [3.05, 3.63) is 36.4 Å². The summed E-state index contributed by atoms with van der Waals surface area (Å²) in [6, 6.07) is 10.9. The molecule has 2 rings (SSSR count). The molecule has 6 nitrogen and oxygen atoms in total. The number of rotatable bonds is 8. The van der Waals surface area contributed by atoms with Gasteiger partial charge in [-0.25, -0.2) is 4.79 Å². The first-order valence-electron chi connectivity index (χ1n) is 7.90. The van der Waals surface area contributed by atoms with Gasteiger partial charge in [0.1, 0.15) is 0 Å². The molecular formula is C17H23N3O3. The average molecular weight is 317 g/mol. The number of carbonyl (C=O) groups excluding carboxylic acids is 1. The maximum atomic E-state index is 11.9. The van der Waals surface area contributed by atoms with Crippen LogP contribution in [0.25, 0.3) is 11.3 Å². The Kier molecular flexibility index (Phi) is 6.62. The Morgan fingerprint density at radius 2 is 2.09 bits per heavy atom. The van der Waals surface area contributed by atoms with Gasteiger partial charge in [0.2, 0.25) is 0 Å². The van der Waals surface area contributed by atoms with Gasteiger partial charge in [-0.2, -0.15) is 0 Å². The van der Waals surface area contributed by atoms with Crippen LogP contribution in [0, 0.1) is 5.92 Å². The van der Waals surface area contributed by atoms with Crippen LogP contribution in [0.4, 0.5) is 10.6 Å². The van der Waals surface area contributed by atoms with E-state index in [0.717, 1.165) is 18.4 Å². The van der Waals surface area contributed by atoms with Crippen molar-refractivity contribution in [1.82, 2.24) is 10.5 Å². The summed E-state index contributed by atoms with van der Waals surface area (Å²) in [7, 11) is 0. The second-order valence-electron chi connectivity index (χ2n) is 5.44. The number of nitrogens with one attached hydrogen (secondary N) is 2. The first-order valence-corrected chi connectivity index (χ1v) is 7.90. The first kappa shape index (κ1) is 17.0. The van der Waals surface area contributed by atoms with E-state index >= 15 is 0 Å². The van der Waals surface area contributed by atoms with Gasteiger partial charge in [-0.3, -0.25) is 5.32 Å². The maximum Gasteiger partial charge on any atom is 0.320 e. The molecule has 124 valence electrons. The quantitative estimate of drug-likeness (QED) is 0.697. The van der Waals surface area contributed by atoms with Gasteiger partial charge in [0, 0.05) is 24.8 Å². The predicted octanol–water partition coefficient (Wildman–Crippen LogP) is 3.26. The van der Waals surface area contributed by atoms with Crippen molar-refractivity contribution in [2.75, 3.05) is 18.5 Å². The summed E-state index contributed by atoms with van der Waals surface area (Å²) in [6.45, 7) is 2.76. The van der Waals surface area contributed by atoms with E-state index in [2.05, 4.69) is 22.7 Å². The molecule has 3 N–H and O–H groups in total. The lowest BCUT2D eigenvalue weighted by Crippen LogP contribution is -2.33. The van der Waals surface area contributed by atoms with Crippen LogP contribution in [0.2, 0.25) is 0 Å². The number of anilines is 1. The van der Waals surface area contributed by atoms with Crippen LogP contribution in [0.15, 0.2) is 40.9 Å². The Labute approximate surface area is 135 Å². The molecule has 0 aliphatic heterocycles. The van der Waals surface area contributed by atoms with Crippen LogP contribution < -0.4 is 10.6 Å². The zero-order valence-corrected chi connectivity index (χ0v) is 13.3. The van der Waals surface area contributed by atoms with E-state index in [1.54, 1.807) is 6.07 Å². The largest absolute Gasteiger partial charge is 0.396 e. The Morgan fingerprint density at radius 3 is 2.78 bits per heavy atom. The van der Waals surface area contributed by atoms with Gasteiger partial charge in [0.05, 0.1) is 0 Å². The highest BCUT2D eigenvalue weighted by Gasteiger charge is 2.12. The minimum Gasteiger partial charge on any atom is -0.396 e. The summed E-state index contributed by atoms with van der Waals surface area (Å²) in [6.07, 6.45) is 2.69. The van der Waals surface area contributed by atoms with E-state index in [1.165, 1.54) is 0 Å². The van der Waals surface area contributed by atoms with Crippen LogP contribution in [-0.2, 0) is 0 Å². The predicted molar refractivity (Wildman–Crippen MR) is 89.1 cm³/mol. The van der Waals surface area contributed by atoms with Crippen molar-refractivity contribution in [1.29, 1.82) is 0 Å². The van der Waals surface area contributed by atoms with Crippen molar-refractivity contribution in [2.24, 2.45) is 5.92 Å². The molecule has 0 aliphatic rings. The number of hydrogen-bond acceptors (Lipinski definition) is 4. The zero-order valence-electron chi connectivity index (χ0n) is 13.3. The standard InChI is InChI=1S/C17H23N3O3/c1-2-6-13(9-10-21)12-18-17(22)19-16-11-15(23-20-16)14-7-4-3-5-8-14/h3-5,7-8,11,13,21H,2,6,9-10,12H2,1H3,(H2,18,19,20,22). The SMILES string of the molecule is CCCC(CCO)CNC(=O)Nc1cc(-c2ccccc2)on1. The van der Waals surface area contributed by atoms with Crippen molar-refractivity contribution in [3.63, 3.8) is 0 Å². The highest BCUT2D eigenvalue weighted by Crippen LogP contribution is 2.21. The first-order chi connectivity index (χ1) is 11.2. The Hall–Kier alpha value is -2.34. The van der Waals surface area contributed by atoms with E-state index in [4.69, 9.17) is 9.63 Å². The van der Waals surface area contributed by atoms with Crippen molar-refractivity contribution in [2.45, 2.75) is 26.2 Å². The molecular weight excluding hydrogens is 294 g/mol. The molecule has 0 radical (unpaired) electrons. The molecule has 6 heteroatoms. The van der Waals surface area contributed by atoms with Crippen LogP contribution in [-0.4, -0.2) is 29.4 Å². The van der Waals surface area contributed by atoms with Crippen molar-refractivity contribution < 1.29 is 14.4 Å². The smallest absolute Gasteiger partial charge is 0.320 e. The minimum atomic E-state index is -0.322. The van der Waals surface area contributed by atoms with E-state index < -0.39 is 0 Å². The lowest BCUT2D eigenvalue weighted by molar-refractivity contribution is 0.236. The van der Waals surface area contributed by atoms with Gasteiger partial charge in [-0.05, 0) is 18.8 Å². The second kappa shape index (κ2) is 8.95. The number of aliphatic hydroxyl groups is 1. The molecule has 0 saturated heterocycles. The van der Waals surface area contributed by atoms with Crippen LogP contribution in [0.5, 0.6) is 0 Å². The highest BCUT2D eigenvalue weighted by molar-refractivity contribution is 5.88. The summed E-state index contributed by atoms with van der Waals surface area (Å²) >= 11 is 0. The number of carbonyl (C=O) groups is 1. The molecule has 0 spiro atoms. The molecule has 2 aromatic rings. The molecule has 1 aromatic carbocycles. The summed E-state index contributed by atoms with van der Waals surface area (Å²) in [4.78, 5) is 11.9. The van der Waals surface area contributed by atoms with E-state index in [-0.39, 0.29) is 18.6 Å². The Balaban J connectivity index is 1.85. The number of benzene rings is 1. The third kappa shape index (κ3) is 5.41. The number of amides is 2. The molecule has 1 atom stereocenters. The van der Waals surface area contributed by atoms with E-state index in [9.17, 15) is 4.79 Å².